The summed E-state index contributed by atoms with van der Waals surface area (Å²) < 4.78 is 9.76. The van der Waals surface area contributed by atoms with Crippen LogP contribution in [0, 0.1) is 0 Å². The van der Waals surface area contributed by atoms with Crippen LogP contribution in [-0.4, -0.2) is 24.9 Å². The highest BCUT2D eigenvalue weighted by Gasteiger charge is 2.10. The third kappa shape index (κ3) is 4.09. The number of hydrogen-bond acceptors (Lipinski definition) is 5. The van der Waals surface area contributed by atoms with E-state index in [1.54, 1.807) is 25.1 Å². The van der Waals surface area contributed by atoms with E-state index in [1.165, 1.54) is 7.11 Å². The van der Waals surface area contributed by atoms with Crippen LogP contribution in [0.3, 0.4) is 0 Å². The lowest BCUT2D eigenvalue weighted by molar-refractivity contribution is -0.134. The van der Waals surface area contributed by atoms with Gasteiger partial charge in [-0.2, -0.15) is 5.10 Å². The van der Waals surface area contributed by atoms with Crippen LogP contribution < -0.4 is 10.2 Å². The fraction of sp³-hybridized carbons (Fsp3) is 0.273. The summed E-state index contributed by atoms with van der Waals surface area (Å²) in [7, 11) is 1.51. The Balaban J connectivity index is 2.81. The summed E-state index contributed by atoms with van der Waals surface area (Å²) in [5.41, 5.74) is 3.08. The van der Waals surface area contributed by atoms with E-state index in [2.05, 4.69) is 15.3 Å². The van der Waals surface area contributed by atoms with Crippen molar-refractivity contribution in [2.45, 2.75) is 6.92 Å². The Hall–Kier alpha value is -1.46. The van der Waals surface area contributed by atoms with E-state index in [1.807, 2.05) is 0 Å². The minimum absolute atomic E-state index is 0.227. The van der Waals surface area contributed by atoms with Gasteiger partial charge in [-0.1, -0.05) is 23.2 Å². The highest BCUT2D eigenvalue weighted by Crippen LogP contribution is 2.27. The van der Waals surface area contributed by atoms with Crippen LogP contribution in [0.1, 0.15) is 6.92 Å². The zero-order valence-electron chi connectivity index (χ0n) is 9.87. The molecule has 0 unspecified atom stereocenters. The van der Waals surface area contributed by atoms with Crippen LogP contribution in [0.4, 0.5) is 5.69 Å². The van der Waals surface area contributed by atoms with Gasteiger partial charge in [-0.25, -0.2) is 4.79 Å². The summed E-state index contributed by atoms with van der Waals surface area (Å²) in [6.07, 6.45) is 0. The minimum atomic E-state index is -0.701. The maximum Gasteiger partial charge on any atom is 0.370 e. The molecule has 1 aromatic rings. The first kappa shape index (κ1) is 14.6. The van der Waals surface area contributed by atoms with E-state index in [-0.39, 0.29) is 11.8 Å². The number of ether oxygens (including phenoxy) is 2. The molecule has 0 aromatic heterocycles. The van der Waals surface area contributed by atoms with Gasteiger partial charge in [0.05, 0.1) is 19.4 Å². The Bertz CT molecular complexity index is 464. The number of hydrazone groups is 1. The molecule has 1 rings (SSSR count). The average Bonchev–Trinajstić information content (AvgIpc) is 2.36. The van der Waals surface area contributed by atoms with Crippen LogP contribution in [0.5, 0.6) is 5.75 Å². The predicted molar refractivity (Wildman–Crippen MR) is 71.5 cm³/mol. The number of rotatable bonds is 5. The second kappa shape index (κ2) is 7.08. The lowest BCUT2D eigenvalue weighted by atomic mass is 10.3. The molecule has 0 aliphatic heterocycles. The number of anilines is 1. The summed E-state index contributed by atoms with van der Waals surface area (Å²) in [5.74, 6) is -0.177. The van der Waals surface area contributed by atoms with Crippen molar-refractivity contribution in [3.8, 4) is 5.75 Å². The van der Waals surface area contributed by atoms with Gasteiger partial charge in [-0.05, 0) is 25.1 Å². The van der Waals surface area contributed by atoms with Crippen molar-refractivity contribution in [1.29, 1.82) is 0 Å². The number of hydrogen-bond donors (Lipinski definition) is 1. The first-order valence-electron chi connectivity index (χ1n) is 5.08. The van der Waals surface area contributed by atoms with Crippen molar-refractivity contribution < 1.29 is 14.3 Å². The zero-order chi connectivity index (χ0) is 13.5. The lowest BCUT2D eigenvalue weighted by Gasteiger charge is -2.08. The minimum Gasteiger partial charge on any atom is -0.495 e. The van der Waals surface area contributed by atoms with Gasteiger partial charge in [-0.3, -0.25) is 5.43 Å². The molecular formula is C11H12Cl2N2O3. The third-order valence-electron chi connectivity index (χ3n) is 1.88. The molecule has 98 valence electrons. The van der Waals surface area contributed by atoms with Crippen molar-refractivity contribution >= 4 is 40.0 Å². The van der Waals surface area contributed by atoms with Crippen molar-refractivity contribution in [3.63, 3.8) is 0 Å². The molecule has 7 heteroatoms. The van der Waals surface area contributed by atoms with Gasteiger partial charge in [0.1, 0.15) is 5.75 Å². The highest BCUT2D eigenvalue weighted by atomic mass is 35.5. The summed E-state index contributed by atoms with van der Waals surface area (Å²) in [4.78, 5) is 11.2. The Kier molecular flexibility index (Phi) is 5.74. The molecule has 1 aromatic carbocycles. The van der Waals surface area contributed by atoms with Crippen molar-refractivity contribution in [2.24, 2.45) is 5.10 Å². The van der Waals surface area contributed by atoms with Crippen LogP contribution >= 0.6 is 23.2 Å². The fourth-order valence-corrected chi connectivity index (χ4v) is 1.38. The first-order chi connectivity index (χ1) is 8.58. The van der Waals surface area contributed by atoms with E-state index in [0.717, 1.165) is 0 Å². The number of carbonyl (C=O) groups excluding carboxylic acids is 1. The molecule has 0 radical (unpaired) electrons. The molecule has 0 bridgehead atoms. The maximum atomic E-state index is 11.2. The molecule has 18 heavy (non-hydrogen) atoms. The van der Waals surface area contributed by atoms with Crippen molar-refractivity contribution in [1.82, 2.24) is 0 Å². The quantitative estimate of drug-likeness (QED) is 0.515. The standard InChI is InChI=1S/C11H12Cl2N2O3/c1-3-18-11(16)10(13)15-14-8-6-7(12)4-5-9(8)17-2/h4-6,14H,3H2,1-2H3/b15-10-. The molecule has 0 amide bonds. The Morgan fingerprint density at radius 3 is 2.83 bits per heavy atom. The van der Waals surface area contributed by atoms with E-state index in [9.17, 15) is 4.79 Å². The van der Waals surface area contributed by atoms with Gasteiger partial charge in [0.2, 0.25) is 5.17 Å². The van der Waals surface area contributed by atoms with Gasteiger partial charge >= 0.3 is 5.97 Å². The van der Waals surface area contributed by atoms with E-state index in [0.29, 0.717) is 16.5 Å². The SMILES string of the molecule is CCOC(=O)/C(Cl)=N/Nc1cc(Cl)ccc1OC. The van der Waals surface area contributed by atoms with E-state index >= 15 is 0 Å². The number of nitrogens with one attached hydrogen (secondary N) is 1. The molecule has 0 saturated heterocycles. The maximum absolute atomic E-state index is 11.2. The van der Waals surface area contributed by atoms with Gasteiger partial charge in [0.15, 0.2) is 0 Å². The highest BCUT2D eigenvalue weighted by molar-refractivity contribution is 6.82. The van der Waals surface area contributed by atoms with E-state index in [4.69, 9.17) is 27.9 Å². The van der Waals surface area contributed by atoms with E-state index < -0.39 is 5.97 Å². The molecule has 0 aliphatic carbocycles. The summed E-state index contributed by atoms with van der Waals surface area (Å²) in [6.45, 7) is 1.90. The Morgan fingerprint density at radius 2 is 2.22 bits per heavy atom. The second-order valence-electron chi connectivity index (χ2n) is 3.08. The van der Waals surface area contributed by atoms with Crippen LogP contribution in [-0.2, 0) is 9.53 Å². The third-order valence-corrected chi connectivity index (χ3v) is 2.35. The number of methoxy groups -OCH3 is 1. The lowest BCUT2D eigenvalue weighted by Crippen LogP contribution is -2.13. The molecular weight excluding hydrogens is 279 g/mol. The average molecular weight is 291 g/mol. The van der Waals surface area contributed by atoms with Gasteiger partial charge in [0, 0.05) is 5.02 Å². The molecule has 0 fully saturated rings. The molecule has 0 saturated carbocycles. The van der Waals surface area contributed by atoms with Crippen LogP contribution in [0.15, 0.2) is 23.3 Å². The number of halogens is 2. The first-order valence-corrected chi connectivity index (χ1v) is 5.84. The monoisotopic (exact) mass is 290 g/mol. The van der Waals surface area contributed by atoms with Crippen molar-refractivity contribution in [3.05, 3.63) is 23.2 Å². The normalized spacial score (nSPS) is 11.0. The number of esters is 1. The number of benzene rings is 1. The van der Waals surface area contributed by atoms with Crippen LogP contribution in [0.2, 0.25) is 5.02 Å². The van der Waals surface area contributed by atoms with Gasteiger partial charge in [0.25, 0.3) is 0 Å². The Labute approximate surface area is 115 Å². The molecule has 5 nitrogen and oxygen atoms in total. The van der Waals surface area contributed by atoms with Gasteiger partial charge in [-0.15, -0.1) is 0 Å². The molecule has 0 aliphatic rings. The van der Waals surface area contributed by atoms with Crippen molar-refractivity contribution in [2.75, 3.05) is 19.1 Å². The number of carbonyl (C=O) groups is 1. The van der Waals surface area contributed by atoms with Gasteiger partial charge < -0.3 is 9.47 Å². The topological polar surface area (TPSA) is 59.9 Å². The molecule has 0 spiro atoms. The largest absolute Gasteiger partial charge is 0.495 e. The number of nitrogens with zero attached hydrogens (tertiary/aromatic N) is 1. The summed E-state index contributed by atoms with van der Waals surface area (Å²) in [5, 5.41) is 3.88. The Morgan fingerprint density at radius 1 is 1.50 bits per heavy atom. The molecule has 0 atom stereocenters. The molecule has 0 heterocycles. The summed E-state index contributed by atoms with van der Waals surface area (Å²) >= 11 is 11.5. The molecule has 1 N–H and O–H groups in total. The van der Waals surface area contributed by atoms with Crippen LogP contribution in [0.25, 0.3) is 0 Å². The summed E-state index contributed by atoms with van der Waals surface area (Å²) in [6, 6.07) is 4.93. The fourth-order valence-electron chi connectivity index (χ4n) is 1.11. The second-order valence-corrected chi connectivity index (χ2v) is 3.87. The predicted octanol–water partition coefficient (Wildman–Crippen LogP) is 2.88. The smallest absolute Gasteiger partial charge is 0.370 e. The zero-order valence-corrected chi connectivity index (χ0v) is 11.4.